The lowest BCUT2D eigenvalue weighted by molar-refractivity contribution is -0.140. The number of unbranched alkanes of at least 4 members (excludes halogenated alkanes) is 2. The van der Waals surface area contributed by atoms with Gasteiger partial charge in [-0.3, -0.25) is 9.59 Å². The highest BCUT2D eigenvalue weighted by molar-refractivity contribution is 6.46. The van der Waals surface area contributed by atoms with Gasteiger partial charge in [-0.05, 0) is 66.1 Å². The first kappa shape index (κ1) is 27.8. The van der Waals surface area contributed by atoms with Crippen LogP contribution in [0.1, 0.15) is 54.7 Å². The number of carbonyl (C=O) groups is 2. The van der Waals surface area contributed by atoms with Crippen LogP contribution in [0.2, 0.25) is 0 Å². The summed E-state index contributed by atoms with van der Waals surface area (Å²) in [6.45, 7) is 3.18. The third-order valence-electron chi connectivity index (χ3n) is 7.01. The highest BCUT2D eigenvalue weighted by atomic mass is 16.5. The van der Waals surface area contributed by atoms with E-state index in [2.05, 4.69) is 6.92 Å². The van der Waals surface area contributed by atoms with Crippen LogP contribution in [0.25, 0.3) is 5.76 Å². The van der Waals surface area contributed by atoms with E-state index in [9.17, 15) is 14.7 Å². The van der Waals surface area contributed by atoms with Gasteiger partial charge in [-0.25, -0.2) is 0 Å². The van der Waals surface area contributed by atoms with Gasteiger partial charge >= 0.3 is 0 Å². The number of ketones is 1. The Kier molecular flexibility index (Phi) is 8.84. The van der Waals surface area contributed by atoms with E-state index in [1.165, 1.54) is 11.2 Å². The number of hydrogen-bond donors (Lipinski definition) is 1. The van der Waals surface area contributed by atoms with Crippen molar-refractivity contribution in [3.8, 4) is 11.5 Å². The van der Waals surface area contributed by atoms with Crippen LogP contribution >= 0.6 is 0 Å². The zero-order chi connectivity index (χ0) is 28.6. The van der Waals surface area contributed by atoms with Crippen LogP contribution < -0.4 is 9.47 Å². The maximum atomic E-state index is 13.4. The quantitative estimate of drug-likeness (QED) is 0.0878. The first-order valence-electron chi connectivity index (χ1n) is 13.9. The summed E-state index contributed by atoms with van der Waals surface area (Å²) in [4.78, 5) is 28.2. The van der Waals surface area contributed by atoms with Gasteiger partial charge in [-0.1, -0.05) is 62.2 Å². The zero-order valence-corrected chi connectivity index (χ0v) is 23.0. The zero-order valence-electron chi connectivity index (χ0n) is 23.0. The number of rotatable bonds is 12. The average molecular weight is 552 g/mol. The number of aliphatic hydroxyl groups is 1. The SMILES string of the molecule is CCCCCOc1ccc(/C(O)=C2/C(=O)C(=O)N(Cc3ccco3)C2c2cccc(OCc3ccccc3)c2)cc1. The van der Waals surface area contributed by atoms with E-state index in [-0.39, 0.29) is 17.9 Å². The molecule has 1 atom stereocenters. The topological polar surface area (TPSA) is 89.2 Å². The summed E-state index contributed by atoms with van der Waals surface area (Å²) < 4.78 is 17.3. The second kappa shape index (κ2) is 13.0. The van der Waals surface area contributed by atoms with Gasteiger partial charge in [0, 0.05) is 5.56 Å². The van der Waals surface area contributed by atoms with Gasteiger partial charge in [0.15, 0.2) is 0 Å². The highest BCUT2D eigenvalue weighted by Gasteiger charge is 2.46. The van der Waals surface area contributed by atoms with Crippen LogP contribution in [-0.4, -0.2) is 28.3 Å². The first-order valence-corrected chi connectivity index (χ1v) is 13.9. The number of aliphatic hydroxyl groups excluding tert-OH is 1. The summed E-state index contributed by atoms with van der Waals surface area (Å²) in [6, 6.07) is 26.6. The van der Waals surface area contributed by atoms with Crippen molar-refractivity contribution in [2.75, 3.05) is 6.61 Å². The van der Waals surface area contributed by atoms with Crippen molar-refractivity contribution < 1.29 is 28.6 Å². The summed E-state index contributed by atoms with van der Waals surface area (Å²) >= 11 is 0. The highest BCUT2D eigenvalue weighted by Crippen LogP contribution is 2.41. The van der Waals surface area contributed by atoms with E-state index in [0.29, 0.717) is 41.6 Å². The molecule has 0 bridgehead atoms. The van der Waals surface area contributed by atoms with Crippen molar-refractivity contribution in [2.24, 2.45) is 0 Å². The number of ether oxygens (including phenoxy) is 2. The Morgan fingerprint density at radius 3 is 2.41 bits per heavy atom. The van der Waals surface area contributed by atoms with E-state index in [1.807, 2.05) is 48.5 Å². The monoisotopic (exact) mass is 551 g/mol. The number of Topliss-reactive ketones (excluding diaryl/α,β-unsaturated/α-hetero) is 1. The van der Waals surface area contributed by atoms with Crippen LogP contribution in [0.3, 0.4) is 0 Å². The maximum Gasteiger partial charge on any atom is 0.296 e. The first-order chi connectivity index (χ1) is 20.0. The number of likely N-dealkylation sites (tertiary alicyclic amines) is 1. The molecular formula is C34H33NO6. The molecule has 4 aromatic rings. The molecule has 0 aliphatic carbocycles. The molecule has 1 amide bonds. The molecule has 1 aromatic heterocycles. The number of benzene rings is 3. The number of furan rings is 1. The number of amides is 1. The van der Waals surface area contributed by atoms with Crippen LogP contribution in [0.4, 0.5) is 0 Å². The summed E-state index contributed by atoms with van der Waals surface area (Å²) in [7, 11) is 0. The summed E-state index contributed by atoms with van der Waals surface area (Å²) in [5.41, 5.74) is 2.08. The Labute approximate surface area is 239 Å². The predicted octanol–water partition coefficient (Wildman–Crippen LogP) is 7.05. The van der Waals surface area contributed by atoms with Crippen molar-refractivity contribution >= 4 is 17.4 Å². The number of nitrogens with zero attached hydrogens (tertiary/aromatic N) is 1. The van der Waals surface area contributed by atoms with Gasteiger partial charge in [0.1, 0.15) is 29.6 Å². The molecule has 1 N–H and O–H groups in total. The van der Waals surface area contributed by atoms with Gasteiger partial charge in [0.05, 0.1) is 31.0 Å². The van der Waals surface area contributed by atoms with Gasteiger partial charge < -0.3 is 23.9 Å². The Hall–Kier alpha value is -4.78. The minimum atomic E-state index is -0.842. The third kappa shape index (κ3) is 6.52. The summed E-state index contributed by atoms with van der Waals surface area (Å²) in [6.07, 6.45) is 4.68. The summed E-state index contributed by atoms with van der Waals surface area (Å²) in [5, 5.41) is 11.4. The van der Waals surface area contributed by atoms with E-state index in [1.54, 1.807) is 42.5 Å². The average Bonchev–Trinajstić information content (AvgIpc) is 3.61. The minimum Gasteiger partial charge on any atom is -0.507 e. The van der Waals surface area contributed by atoms with Gasteiger partial charge in [-0.2, -0.15) is 0 Å². The molecule has 1 aliphatic rings. The smallest absolute Gasteiger partial charge is 0.296 e. The predicted molar refractivity (Wildman–Crippen MR) is 155 cm³/mol. The molecule has 0 spiro atoms. The third-order valence-corrected chi connectivity index (χ3v) is 7.01. The van der Waals surface area contributed by atoms with Crippen LogP contribution in [-0.2, 0) is 22.7 Å². The molecule has 210 valence electrons. The molecule has 2 heterocycles. The second-order valence-electron chi connectivity index (χ2n) is 9.93. The number of hydrogen-bond acceptors (Lipinski definition) is 6. The van der Waals surface area contributed by atoms with Crippen molar-refractivity contribution in [1.82, 2.24) is 4.90 Å². The van der Waals surface area contributed by atoms with Crippen LogP contribution in [0, 0.1) is 0 Å². The maximum absolute atomic E-state index is 13.4. The molecule has 7 nitrogen and oxygen atoms in total. The molecule has 3 aromatic carbocycles. The van der Waals surface area contributed by atoms with E-state index in [4.69, 9.17) is 13.9 Å². The normalized spacial score (nSPS) is 16.2. The van der Waals surface area contributed by atoms with E-state index >= 15 is 0 Å². The van der Waals surface area contributed by atoms with Crippen LogP contribution in [0.5, 0.6) is 11.5 Å². The van der Waals surface area contributed by atoms with Crippen molar-refractivity contribution in [3.05, 3.63) is 125 Å². The fourth-order valence-corrected chi connectivity index (χ4v) is 4.88. The van der Waals surface area contributed by atoms with Crippen molar-refractivity contribution in [1.29, 1.82) is 0 Å². The van der Waals surface area contributed by atoms with Crippen molar-refractivity contribution in [2.45, 2.75) is 45.4 Å². The lowest BCUT2D eigenvalue weighted by Gasteiger charge is -2.25. The molecule has 1 fully saturated rings. The molecule has 1 aliphatic heterocycles. The molecule has 1 unspecified atom stereocenters. The second-order valence-corrected chi connectivity index (χ2v) is 9.93. The minimum absolute atomic E-state index is 0.0124. The lowest BCUT2D eigenvalue weighted by Crippen LogP contribution is -2.29. The van der Waals surface area contributed by atoms with Crippen molar-refractivity contribution in [3.63, 3.8) is 0 Å². The van der Waals surface area contributed by atoms with Crippen LogP contribution in [0.15, 0.2) is 107 Å². The van der Waals surface area contributed by atoms with Gasteiger partial charge in [-0.15, -0.1) is 0 Å². The van der Waals surface area contributed by atoms with Gasteiger partial charge in [0.2, 0.25) is 0 Å². The summed E-state index contributed by atoms with van der Waals surface area (Å²) in [5.74, 6) is 0.0747. The standard InChI is InChI=1S/C34H33NO6/c1-2-3-7-19-39-27-17-15-25(16-18-27)32(36)30-31(35(34(38)33(30)37)22-29-14-9-20-40-29)26-12-8-13-28(21-26)41-23-24-10-5-4-6-11-24/h4-6,8-18,20-21,31,36H,2-3,7,19,22-23H2,1H3/b32-30-. The molecule has 0 saturated carbocycles. The fraction of sp³-hybridized carbons (Fsp3) is 0.235. The Morgan fingerprint density at radius 1 is 0.878 bits per heavy atom. The van der Waals surface area contributed by atoms with E-state index in [0.717, 1.165) is 24.8 Å². The fourth-order valence-electron chi connectivity index (χ4n) is 4.88. The molecular weight excluding hydrogens is 518 g/mol. The molecule has 41 heavy (non-hydrogen) atoms. The molecule has 0 radical (unpaired) electrons. The molecule has 1 saturated heterocycles. The lowest BCUT2D eigenvalue weighted by atomic mass is 9.95. The Bertz CT molecular complexity index is 1490. The largest absolute Gasteiger partial charge is 0.507 e. The Balaban J connectivity index is 1.47. The molecule has 7 heteroatoms. The van der Waals surface area contributed by atoms with E-state index < -0.39 is 17.7 Å². The molecule has 5 rings (SSSR count). The Morgan fingerprint density at radius 2 is 1.68 bits per heavy atom. The van der Waals surface area contributed by atoms with Gasteiger partial charge in [0.25, 0.3) is 11.7 Å². The number of carbonyl (C=O) groups excluding carboxylic acids is 2.